The summed E-state index contributed by atoms with van der Waals surface area (Å²) in [6.45, 7) is 0.558. The lowest BCUT2D eigenvalue weighted by molar-refractivity contribution is -0.122. The number of amides is 1. The molecule has 1 heterocycles. The van der Waals surface area contributed by atoms with Crippen molar-refractivity contribution in [3.63, 3.8) is 0 Å². The van der Waals surface area contributed by atoms with Crippen LogP contribution in [0.2, 0.25) is 0 Å². The maximum absolute atomic E-state index is 11.9. The third-order valence-electron chi connectivity index (χ3n) is 3.49. The van der Waals surface area contributed by atoms with E-state index < -0.39 is 6.04 Å². The van der Waals surface area contributed by atoms with Crippen LogP contribution in [-0.4, -0.2) is 28.0 Å². The first-order chi connectivity index (χ1) is 10.2. The Morgan fingerprint density at radius 3 is 2.76 bits per heavy atom. The molecule has 0 unspecified atom stereocenters. The molecule has 1 aromatic heterocycles. The number of nitrogens with one attached hydrogen (secondary N) is 1. The maximum atomic E-state index is 11.9. The van der Waals surface area contributed by atoms with E-state index in [9.17, 15) is 4.79 Å². The smallest absolute Gasteiger partial charge is 0.236 e. The number of aromatic nitrogens is 2. The normalized spacial score (nSPS) is 12.1. The van der Waals surface area contributed by atoms with Crippen LogP contribution in [0.3, 0.4) is 0 Å². The average molecular weight is 286 g/mol. The molecule has 0 spiro atoms. The van der Waals surface area contributed by atoms with Crippen LogP contribution in [0, 0.1) is 0 Å². The standard InChI is InChI=1S/C16H22N4O/c1-20-12-11-18-15(20)9-10-19-16(21)14(17)8-7-13-5-3-2-4-6-13/h2-6,11-12,14H,7-10,17H2,1H3,(H,19,21)/t14-/m0/s1. The van der Waals surface area contributed by atoms with Gasteiger partial charge in [0.1, 0.15) is 5.82 Å². The minimum atomic E-state index is -0.466. The third kappa shape index (κ3) is 4.72. The predicted molar refractivity (Wildman–Crippen MR) is 82.7 cm³/mol. The summed E-state index contributed by atoms with van der Waals surface area (Å²) in [7, 11) is 1.94. The van der Waals surface area contributed by atoms with E-state index in [0.29, 0.717) is 19.4 Å². The summed E-state index contributed by atoms with van der Waals surface area (Å²) in [5, 5.41) is 2.87. The first-order valence-corrected chi connectivity index (χ1v) is 7.20. The van der Waals surface area contributed by atoms with Gasteiger partial charge < -0.3 is 15.6 Å². The molecule has 0 bridgehead atoms. The van der Waals surface area contributed by atoms with Crippen LogP contribution < -0.4 is 11.1 Å². The highest BCUT2D eigenvalue weighted by Gasteiger charge is 2.13. The molecule has 0 saturated carbocycles. The van der Waals surface area contributed by atoms with Gasteiger partial charge in [0.15, 0.2) is 0 Å². The lowest BCUT2D eigenvalue weighted by Crippen LogP contribution is -2.41. The first-order valence-electron chi connectivity index (χ1n) is 7.20. The minimum absolute atomic E-state index is 0.0971. The van der Waals surface area contributed by atoms with E-state index >= 15 is 0 Å². The van der Waals surface area contributed by atoms with Crippen molar-refractivity contribution in [3.8, 4) is 0 Å². The molecule has 0 aliphatic rings. The highest BCUT2D eigenvalue weighted by atomic mass is 16.2. The lowest BCUT2D eigenvalue weighted by atomic mass is 10.1. The number of carbonyl (C=O) groups is 1. The van der Waals surface area contributed by atoms with Gasteiger partial charge in [-0.2, -0.15) is 0 Å². The molecule has 2 aromatic rings. The van der Waals surface area contributed by atoms with E-state index in [1.807, 2.05) is 48.1 Å². The molecular formula is C16H22N4O. The van der Waals surface area contributed by atoms with Gasteiger partial charge in [0.25, 0.3) is 0 Å². The van der Waals surface area contributed by atoms with Crippen molar-refractivity contribution in [3.05, 3.63) is 54.1 Å². The summed E-state index contributed by atoms with van der Waals surface area (Å²) >= 11 is 0. The number of hydrogen-bond acceptors (Lipinski definition) is 3. The van der Waals surface area contributed by atoms with E-state index in [2.05, 4.69) is 10.3 Å². The number of rotatable bonds is 7. The SMILES string of the molecule is Cn1ccnc1CCNC(=O)[C@@H](N)CCc1ccccc1. The van der Waals surface area contributed by atoms with Crippen molar-refractivity contribution >= 4 is 5.91 Å². The molecule has 112 valence electrons. The summed E-state index contributed by atoms with van der Waals surface area (Å²) < 4.78 is 1.95. The largest absolute Gasteiger partial charge is 0.354 e. The number of benzene rings is 1. The fourth-order valence-corrected chi connectivity index (χ4v) is 2.16. The van der Waals surface area contributed by atoms with Gasteiger partial charge in [0.05, 0.1) is 6.04 Å². The molecule has 2 rings (SSSR count). The molecule has 0 saturated heterocycles. The van der Waals surface area contributed by atoms with Gasteiger partial charge in [-0.05, 0) is 18.4 Å². The van der Waals surface area contributed by atoms with Crippen LogP contribution in [-0.2, 0) is 24.7 Å². The van der Waals surface area contributed by atoms with Crippen molar-refractivity contribution in [1.82, 2.24) is 14.9 Å². The van der Waals surface area contributed by atoms with E-state index in [1.165, 1.54) is 5.56 Å². The van der Waals surface area contributed by atoms with Gasteiger partial charge >= 0.3 is 0 Å². The first kappa shape index (κ1) is 15.3. The third-order valence-corrected chi connectivity index (χ3v) is 3.49. The Bertz CT molecular complexity index is 565. The fraction of sp³-hybridized carbons (Fsp3) is 0.375. The monoisotopic (exact) mass is 286 g/mol. The molecular weight excluding hydrogens is 264 g/mol. The van der Waals surface area contributed by atoms with Crippen LogP contribution in [0.4, 0.5) is 0 Å². The molecule has 1 amide bonds. The maximum Gasteiger partial charge on any atom is 0.236 e. The molecule has 0 fully saturated rings. The number of nitrogens with two attached hydrogens (primary N) is 1. The second kappa shape index (κ2) is 7.59. The van der Waals surface area contributed by atoms with Gasteiger partial charge in [-0.25, -0.2) is 4.98 Å². The summed E-state index contributed by atoms with van der Waals surface area (Å²) in [6, 6.07) is 9.60. The minimum Gasteiger partial charge on any atom is -0.354 e. The van der Waals surface area contributed by atoms with E-state index in [-0.39, 0.29) is 5.91 Å². The van der Waals surface area contributed by atoms with Crippen LogP contribution >= 0.6 is 0 Å². The van der Waals surface area contributed by atoms with E-state index in [4.69, 9.17) is 5.73 Å². The molecule has 0 aliphatic carbocycles. The Hall–Kier alpha value is -2.14. The molecule has 5 heteroatoms. The summed E-state index contributed by atoms with van der Waals surface area (Å²) in [5.41, 5.74) is 7.12. The fourth-order valence-electron chi connectivity index (χ4n) is 2.16. The topological polar surface area (TPSA) is 72.9 Å². The number of imidazole rings is 1. The molecule has 3 N–H and O–H groups in total. The lowest BCUT2D eigenvalue weighted by Gasteiger charge is -2.12. The van der Waals surface area contributed by atoms with Gasteiger partial charge in [-0.1, -0.05) is 30.3 Å². The highest BCUT2D eigenvalue weighted by Crippen LogP contribution is 2.04. The Morgan fingerprint density at radius 1 is 1.33 bits per heavy atom. The summed E-state index contributed by atoms with van der Waals surface area (Å²) in [4.78, 5) is 16.1. The van der Waals surface area contributed by atoms with Crippen LogP contribution in [0.1, 0.15) is 17.8 Å². The molecule has 0 radical (unpaired) electrons. The summed E-state index contributed by atoms with van der Waals surface area (Å²) in [5.74, 6) is 0.855. The Kier molecular flexibility index (Phi) is 5.51. The zero-order valence-electron chi connectivity index (χ0n) is 12.3. The van der Waals surface area contributed by atoms with Crippen molar-refractivity contribution < 1.29 is 4.79 Å². The van der Waals surface area contributed by atoms with Crippen molar-refractivity contribution in [2.24, 2.45) is 12.8 Å². The average Bonchev–Trinajstić information content (AvgIpc) is 2.91. The molecule has 21 heavy (non-hydrogen) atoms. The number of nitrogens with zero attached hydrogens (tertiary/aromatic N) is 2. The Balaban J connectivity index is 1.69. The highest BCUT2D eigenvalue weighted by molar-refractivity contribution is 5.81. The zero-order valence-corrected chi connectivity index (χ0v) is 12.3. The van der Waals surface area contributed by atoms with Crippen LogP contribution in [0.15, 0.2) is 42.7 Å². The zero-order chi connectivity index (χ0) is 15.1. The van der Waals surface area contributed by atoms with E-state index in [1.54, 1.807) is 6.20 Å². The van der Waals surface area contributed by atoms with Gasteiger partial charge in [-0.15, -0.1) is 0 Å². The van der Waals surface area contributed by atoms with E-state index in [0.717, 1.165) is 12.2 Å². The number of hydrogen-bond donors (Lipinski definition) is 2. The molecule has 1 aromatic carbocycles. The Labute approximate surface area is 125 Å². The number of aryl methyl sites for hydroxylation is 2. The predicted octanol–water partition coefficient (Wildman–Crippen LogP) is 1.04. The quantitative estimate of drug-likeness (QED) is 0.798. The molecule has 0 aliphatic heterocycles. The van der Waals surface area contributed by atoms with Crippen LogP contribution in [0.5, 0.6) is 0 Å². The Morgan fingerprint density at radius 2 is 2.10 bits per heavy atom. The van der Waals surface area contributed by atoms with Crippen molar-refractivity contribution in [2.75, 3.05) is 6.54 Å². The van der Waals surface area contributed by atoms with Gasteiger partial charge in [0, 0.05) is 32.4 Å². The molecule has 1 atom stereocenters. The molecule has 5 nitrogen and oxygen atoms in total. The van der Waals surface area contributed by atoms with Gasteiger partial charge in [0.2, 0.25) is 5.91 Å². The van der Waals surface area contributed by atoms with Crippen molar-refractivity contribution in [2.45, 2.75) is 25.3 Å². The second-order valence-corrected chi connectivity index (χ2v) is 5.13. The summed E-state index contributed by atoms with van der Waals surface area (Å²) in [6.07, 6.45) is 5.82. The number of carbonyl (C=O) groups excluding carboxylic acids is 1. The second-order valence-electron chi connectivity index (χ2n) is 5.13. The van der Waals surface area contributed by atoms with Crippen molar-refractivity contribution in [1.29, 1.82) is 0 Å². The van der Waals surface area contributed by atoms with Gasteiger partial charge in [-0.3, -0.25) is 4.79 Å². The van der Waals surface area contributed by atoms with Crippen LogP contribution in [0.25, 0.3) is 0 Å².